The summed E-state index contributed by atoms with van der Waals surface area (Å²) in [5.74, 6) is -1.10. The minimum absolute atomic E-state index is 0.0299. The van der Waals surface area contributed by atoms with Gasteiger partial charge in [-0.15, -0.1) is 0 Å². The highest BCUT2D eigenvalue weighted by Crippen LogP contribution is 2.10. The Morgan fingerprint density at radius 3 is 2.76 bits per heavy atom. The highest BCUT2D eigenvalue weighted by atomic mass is 32.1. The quantitative estimate of drug-likeness (QED) is 0.738. The highest BCUT2D eigenvalue weighted by Gasteiger charge is 2.11. The van der Waals surface area contributed by atoms with Crippen LogP contribution in [0.5, 0.6) is 0 Å². The average Bonchev–Trinajstić information content (AvgIpc) is 2.46. The highest BCUT2D eigenvalue weighted by molar-refractivity contribution is 7.80. The summed E-state index contributed by atoms with van der Waals surface area (Å²) in [5, 5.41) is 2.48. The molecule has 1 aromatic carbocycles. The van der Waals surface area contributed by atoms with E-state index in [0.29, 0.717) is 5.56 Å². The molecular weight excluding hydrogens is 293 g/mol. The zero-order valence-electron chi connectivity index (χ0n) is 10.9. The predicted octanol–water partition coefficient (Wildman–Crippen LogP) is 1.08. The van der Waals surface area contributed by atoms with E-state index in [1.807, 2.05) is 0 Å². The van der Waals surface area contributed by atoms with Crippen molar-refractivity contribution in [3.63, 3.8) is 0 Å². The summed E-state index contributed by atoms with van der Waals surface area (Å²) in [6, 6.07) is 5.51. The molecule has 0 unspecified atom stereocenters. The molecule has 2 rings (SSSR count). The van der Waals surface area contributed by atoms with E-state index in [1.165, 1.54) is 30.6 Å². The molecule has 5 nitrogen and oxygen atoms in total. The van der Waals surface area contributed by atoms with E-state index in [-0.39, 0.29) is 22.7 Å². The summed E-state index contributed by atoms with van der Waals surface area (Å²) in [5.41, 5.74) is 5.66. The monoisotopic (exact) mass is 305 g/mol. The third-order valence-corrected chi connectivity index (χ3v) is 3.08. The van der Waals surface area contributed by atoms with Gasteiger partial charge in [-0.05, 0) is 6.07 Å². The Kier molecular flexibility index (Phi) is 4.44. The van der Waals surface area contributed by atoms with Gasteiger partial charge in [0.1, 0.15) is 16.4 Å². The van der Waals surface area contributed by atoms with Crippen molar-refractivity contribution < 1.29 is 9.18 Å². The van der Waals surface area contributed by atoms with Crippen molar-refractivity contribution in [2.24, 2.45) is 5.73 Å². The standard InChI is InChI=1S/C14H12FN3O2S/c15-11-5-8(13(16)21)1-2-9(11)6-18-14(20)10-7-17-4-3-12(10)19/h1-5,7H,6H2,(H2,16,21)(H,17,19)(H,18,20). The van der Waals surface area contributed by atoms with Gasteiger partial charge < -0.3 is 16.0 Å². The van der Waals surface area contributed by atoms with Crippen LogP contribution in [0, 0.1) is 5.82 Å². The van der Waals surface area contributed by atoms with Crippen LogP contribution in [0.2, 0.25) is 0 Å². The SMILES string of the molecule is NC(=S)c1ccc(CNC(=O)c2c[nH]ccc2=O)c(F)c1. The van der Waals surface area contributed by atoms with Crippen LogP contribution in [-0.2, 0) is 6.54 Å². The molecule has 0 aliphatic rings. The van der Waals surface area contributed by atoms with E-state index in [4.69, 9.17) is 18.0 Å². The molecule has 0 saturated carbocycles. The smallest absolute Gasteiger partial charge is 0.257 e. The predicted molar refractivity (Wildman–Crippen MR) is 80.5 cm³/mol. The fourth-order valence-corrected chi connectivity index (χ4v) is 1.84. The molecule has 0 aliphatic carbocycles. The third kappa shape index (κ3) is 3.51. The number of halogens is 1. The maximum absolute atomic E-state index is 13.8. The van der Waals surface area contributed by atoms with Gasteiger partial charge in [0.2, 0.25) is 0 Å². The van der Waals surface area contributed by atoms with Gasteiger partial charge in [-0.2, -0.15) is 0 Å². The zero-order chi connectivity index (χ0) is 15.4. The van der Waals surface area contributed by atoms with E-state index in [9.17, 15) is 14.0 Å². The maximum atomic E-state index is 13.8. The van der Waals surface area contributed by atoms with E-state index >= 15 is 0 Å². The Hall–Kier alpha value is -2.54. The summed E-state index contributed by atoms with van der Waals surface area (Å²) in [6.07, 6.45) is 2.72. The van der Waals surface area contributed by atoms with Gasteiger partial charge in [0, 0.05) is 36.1 Å². The molecule has 0 saturated heterocycles. The van der Waals surface area contributed by atoms with Gasteiger partial charge in [0.15, 0.2) is 5.43 Å². The number of thiocarbonyl (C=S) groups is 1. The number of carbonyl (C=O) groups excluding carboxylic acids is 1. The first-order chi connectivity index (χ1) is 9.99. The van der Waals surface area contributed by atoms with Gasteiger partial charge in [-0.25, -0.2) is 4.39 Å². The molecule has 108 valence electrons. The fourth-order valence-electron chi connectivity index (χ4n) is 1.71. The van der Waals surface area contributed by atoms with E-state index in [2.05, 4.69) is 10.3 Å². The van der Waals surface area contributed by atoms with Crippen molar-refractivity contribution in [3.8, 4) is 0 Å². The molecule has 0 radical (unpaired) electrons. The minimum atomic E-state index is -0.574. The Morgan fingerprint density at radius 1 is 1.38 bits per heavy atom. The molecule has 0 atom stereocenters. The van der Waals surface area contributed by atoms with Gasteiger partial charge in [0.25, 0.3) is 5.91 Å². The number of benzene rings is 1. The summed E-state index contributed by atoms with van der Waals surface area (Å²) >= 11 is 4.75. The lowest BCUT2D eigenvalue weighted by atomic mass is 10.1. The first-order valence-electron chi connectivity index (χ1n) is 6.02. The van der Waals surface area contributed by atoms with Crippen LogP contribution in [0.1, 0.15) is 21.5 Å². The molecule has 4 N–H and O–H groups in total. The molecule has 2 aromatic rings. The lowest BCUT2D eigenvalue weighted by Crippen LogP contribution is -2.28. The molecule has 0 bridgehead atoms. The number of hydrogen-bond donors (Lipinski definition) is 3. The molecule has 0 spiro atoms. The first kappa shape index (κ1) is 14.9. The normalized spacial score (nSPS) is 10.1. The maximum Gasteiger partial charge on any atom is 0.257 e. The number of nitrogens with one attached hydrogen (secondary N) is 2. The molecule has 21 heavy (non-hydrogen) atoms. The molecule has 0 fully saturated rings. The van der Waals surface area contributed by atoms with Crippen LogP contribution in [-0.4, -0.2) is 15.9 Å². The number of aromatic amines is 1. The number of H-pyrrole nitrogens is 1. The van der Waals surface area contributed by atoms with Crippen molar-refractivity contribution in [2.75, 3.05) is 0 Å². The van der Waals surface area contributed by atoms with Crippen LogP contribution in [0.25, 0.3) is 0 Å². The molecule has 1 aromatic heterocycles. The van der Waals surface area contributed by atoms with Crippen molar-refractivity contribution >= 4 is 23.1 Å². The number of amides is 1. The summed E-state index contributed by atoms with van der Waals surface area (Å²) in [6.45, 7) is -0.0450. The van der Waals surface area contributed by atoms with Gasteiger partial charge in [-0.3, -0.25) is 9.59 Å². The lowest BCUT2D eigenvalue weighted by Gasteiger charge is -2.07. The molecule has 1 amide bonds. The van der Waals surface area contributed by atoms with Gasteiger partial charge in [0.05, 0.1) is 0 Å². The van der Waals surface area contributed by atoms with Crippen LogP contribution in [0.3, 0.4) is 0 Å². The first-order valence-corrected chi connectivity index (χ1v) is 6.43. The van der Waals surface area contributed by atoms with Gasteiger partial charge >= 0.3 is 0 Å². The van der Waals surface area contributed by atoms with Gasteiger partial charge in [-0.1, -0.05) is 24.4 Å². The molecule has 7 heteroatoms. The number of carbonyl (C=O) groups is 1. The van der Waals surface area contributed by atoms with E-state index < -0.39 is 17.2 Å². The second-order valence-electron chi connectivity index (χ2n) is 4.28. The third-order valence-electron chi connectivity index (χ3n) is 2.85. The molecular formula is C14H12FN3O2S. The largest absolute Gasteiger partial charge is 0.389 e. The number of pyridine rings is 1. The Morgan fingerprint density at radius 2 is 2.14 bits per heavy atom. The van der Waals surface area contributed by atoms with Crippen LogP contribution >= 0.6 is 12.2 Å². The molecule has 0 aliphatic heterocycles. The summed E-state index contributed by atoms with van der Waals surface area (Å²) in [4.78, 5) is 26.1. The Balaban J connectivity index is 2.10. The second-order valence-corrected chi connectivity index (χ2v) is 4.72. The zero-order valence-corrected chi connectivity index (χ0v) is 11.7. The van der Waals surface area contributed by atoms with Crippen molar-refractivity contribution in [2.45, 2.75) is 6.54 Å². The van der Waals surface area contributed by atoms with Crippen LogP contribution in [0.15, 0.2) is 41.5 Å². The second kappa shape index (κ2) is 6.27. The van der Waals surface area contributed by atoms with Crippen molar-refractivity contribution in [3.05, 3.63) is 69.4 Å². The average molecular weight is 305 g/mol. The Bertz CT molecular complexity index is 758. The number of nitrogens with two attached hydrogens (primary N) is 1. The number of rotatable bonds is 4. The lowest BCUT2D eigenvalue weighted by molar-refractivity contribution is 0.0949. The minimum Gasteiger partial charge on any atom is -0.389 e. The van der Waals surface area contributed by atoms with E-state index in [0.717, 1.165) is 0 Å². The fraction of sp³-hybridized carbons (Fsp3) is 0.0714. The van der Waals surface area contributed by atoms with Crippen molar-refractivity contribution in [1.82, 2.24) is 10.3 Å². The van der Waals surface area contributed by atoms with Crippen LogP contribution in [0.4, 0.5) is 4.39 Å². The molecule has 1 heterocycles. The Labute approximate surface area is 125 Å². The summed E-state index contributed by atoms with van der Waals surface area (Å²) in [7, 11) is 0. The topological polar surface area (TPSA) is 88.0 Å². The number of aromatic nitrogens is 1. The van der Waals surface area contributed by atoms with Crippen LogP contribution < -0.4 is 16.5 Å². The number of hydrogen-bond acceptors (Lipinski definition) is 3. The summed E-state index contributed by atoms with van der Waals surface area (Å²) < 4.78 is 13.8. The van der Waals surface area contributed by atoms with Crippen molar-refractivity contribution in [1.29, 1.82) is 0 Å². The van der Waals surface area contributed by atoms with E-state index in [1.54, 1.807) is 6.07 Å².